The first kappa shape index (κ1) is 19.6. The Morgan fingerprint density at radius 1 is 0.720 bits per heavy atom. The van der Waals surface area contributed by atoms with Gasteiger partial charge in [-0.3, -0.25) is 0 Å². The Morgan fingerprint density at radius 3 is 1.88 bits per heavy atom. The van der Waals surface area contributed by atoms with Crippen molar-refractivity contribution >= 4 is 0 Å². The van der Waals surface area contributed by atoms with Gasteiger partial charge in [0.2, 0.25) is 0 Å². The molecule has 0 aromatic heterocycles. The Bertz CT molecular complexity index is 599. The van der Waals surface area contributed by atoms with E-state index in [1.807, 2.05) is 30.3 Å². The number of alkyl halides is 3. The molecule has 3 heteroatoms. The summed E-state index contributed by atoms with van der Waals surface area (Å²) in [5.74, 6) is -1.36. The molecule has 136 valence electrons. The van der Waals surface area contributed by atoms with Gasteiger partial charge in [-0.25, -0.2) is 0 Å². The topological polar surface area (TPSA) is 0 Å². The summed E-state index contributed by atoms with van der Waals surface area (Å²) in [7, 11) is 0. The largest absolute Gasteiger partial charge is 0.395 e. The Morgan fingerprint density at radius 2 is 1.28 bits per heavy atom. The van der Waals surface area contributed by atoms with Gasteiger partial charge >= 0.3 is 6.18 Å². The van der Waals surface area contributed by atoms with E-state index < -0.39 is 12.1 Å². The van der Waals surface area contributed by atoms with Crippen molar-refractivity contribution in [3.05, 3.63) is 60.2 Å². The van der Waals surface area contributed by atoms with Crippen LogP contribution in [0.2, 0.25) is 0 Å². The highest BCUT2D eigenvalue weighted by molar-refractivity contribution is 5.63. The molecule has 0 heterocycles. The average molecular weight is 348 g/mol. The van der Waals surface area contributed by atoms with Gasteiger partial charge in [0.05, 0.1) is 5.92 Å². The quantitative estimate of drug-likeness (QED) is 0.406. The zero-order valence-electron chi connectivity index (χ0n) is 14.9. The summed E-state index contributed by atoms with van der Waals surface area (Å²) in [6.45, 7) is 2.14. The number of benzene rings is 2. The van der Waals surface area contributed by atoms with Crippen molar-refractivity contribution in [1.82, 2.24) is 0 Å². The molecule has 0 aliphatic rings. The van der Waals surface area contributed by atoms with E-state index in [4.69, 9.17) is 0 Å². The second-order valence-corrected chi connectivity index (χ2v) is 6.64. The Labute approximate surface area is 149 Å². The maximum absolute atomic E-state index is 13.5. The maximum Gasteiger partial charge on any atom is 0.395 e. The molecule has 0 bridgehead atoms. The predicted octanol–water partition coefficient (Wildman–Crippen LogP) is 7.75. The second-order valence-electron chi connectivity index (χ2n) is 6.64. The van der Waals surface area contributed by atoms with Crippen molar-refractivity contribution in [3.63, 3.8) is 0 Å². The highest BCUT2D eigenvalue weighted by Crippen LogP contribution is 2.39. The number of hydrogen-bond donors (Lipinski definition) is 0. The lowest BCUT2D eigenvalue weighted by atomic mass is 9.91. The van der Waals surface area contributed by atoms with E-state index in [1.54, 1.807) is 24.3 Å². The fourth-order valence-electron chi connectivity index (χ4n) is 3.19. The average Bonchev–Trinajstić information content (AvgIpc) is 2.61. The molecule has 0 nitrogen and oxygen atoms in total. The van der Waals surface area contributed by atoms with E-state index in [0.29, 0.717) is 12.0 Å². The van der Waals surface area contributed by atoms with Gasteiger partial charge in [-0.1, -0.05) is 100 Å². The Hall–Kier alpha value is -1.77. The van der Waals surface area contributed by atoms with E-state index in [2.05, 4.69) is 6.92 Å². The van der Waals surface area contributed by atoms with Gasteiger partial charge in [0.15, 0.2) is 0 Å². The molecule has 25 heavy (non-hydrogen) atoms. The third kappa shape index (κ3) is 6.22. The number of rotatable bonds is 9. The minimum atomic E-state index is -4.18. The van der Waals surface area contributed by atoms with Crippen LogP contribution in [0.3, 0.4) is 0 Å². The van der Waals surface area contributed by atoms with Gasteiger partial charge in [-0.05, 0) is 23.1 Å². The van der Waals surface area contributed by atoms with Crippen molar-refractivity contribution < 1.29 is 13.2 Å². The SMILES string of the molecule is CCCCCCCCC(c1ccc(-c2ccccc2)cc1)C(F)(F)F. The van der Waals surface area contributed by atoms with Gasteiger partial charge in [-0.2, -0.15) is 13.2 Å². The standard InChI is InChI=1S/C22H27F3/c1-2-3-4-5-6-10-13-21(22(23,24)25)20-16-14-19(15-17-20)18-11-8-7-9-12-18/h7-9,11-12,14-17,21H,2-6,10,13H2,1H3. The van der Waals surface area contributed by atoms with Crippen LogP contribution < -0.4 is 0 Å². The molecular weight excluding hydrogens is 321 g/mol. The molecule has 0 N–H and O–H groups in total. The van der Waals surface area contributed by atoms with E-state index in [0.717, 1.165) is 36.8 Å². The Kier molecular flexibility index (Phi) is 7.54. The summed E-state index contributed by atoms with van der Waals surface area (Å²) >= 11 is 0. The molecule has 2 aromatic carbocycles. The van der Waals surface area contributed by atoms with E-state index in [1.165, 1.54) is 6.42 Å². The van der Waals surface area contributed by atoms with E-state index in [-0.39, 0.29) is 6.42 Å². The summed E-state index contributed by atoms with van der Waals surface area (Å²) < 4.78 is 40.4. The first-order valence-electron chi connectivity index (χ1n) is 9.24. The van der Waals surface area contributed by atoms with Crippen LogP contribution in [-0.4, -0.2) is 6.18 Å². The first-order chi connectivity index (χ1) is 12.0. The molecule has 0 aliphatic carbocycles. The monoisotopic (exact) mass is 348 g/mol. The zero-order chi connectivity index (χ0) is 18.1. The van der Waals surface area contributed by atoms with Crippen LogP contribution >= 0.6 is 0 Å². The molecule has 2 rings (SSSR count). The van der Waals surface area contributed by atoms with Crippen molar-refractivity contribution in [2.45, 2.75) is 64.0 Å². The summed E-state index contributed by atoms with van der Waals surface area (Å²) in [5, 5.41) is 0. The molecule has 0 aliphatic heterocycles. The molecule has 0 amide bonds. The van der Waals surface area contributed by atoms with Crippen LogP contribution in [0.4, 0.5) is 13.2 Å². The van der Waals surface area contributed by atoms with Crippen LogP contribution in [0.15, 0.2) is 54.6 Å². The molecule has 0 spiro atoms. The number of hydrogen-bond acceptors (Lipinski definition) is 0. The lowest BCUT2D eigenvalue weighted by Gasteiger charge is -2.21. The summed E-state index contributed by atoms with van der Waals surface area (Å²) in [5.41, 5.74) is 2.35. The fraction of sp³-hybridized carbons (Fsp3) is 0.455. The maximum atomic E-state index is 13.5. The van der Waals surface area contributed by atoms with Crippen LogP contribution in [0.25, 0.3) is 11.1 Å². The number of unbranched alkanes of at least 4 members (excludes halogenated alkanes) is 5. The fourth-order valence-corrected chi connectivity index (χ4v) is 3.19. The third-order valence-electron chi connectivity index (χ3n) is 4.66. The lowest BCUT2D eigenvalue weighted by molar-refractivity contribution is -0.152. The molecule has 0 fully saturated rings. The predicted molar refractivity (Wildman–Crippen MR) is 98.7 cm³/mol. The molecular formula is C22H27F3. The van der Waals surface area contributed by atoms with Gasteiger partial charge in [-0.15, -0.1) is 0 Å². The molecule has 2 aromatic rings. The van der Waals surface area contributed by atoms with Crippen molar-refractivity contribution in [2.75, 3.05) is 0 Å². The molecule has 0 saturated heterocycles. The first-order valence-corrected chi connectivity index (χ1v) is 9.24. The molecule has 0 saturated carbocycles. The lowest BCUT2D eigenvalue weighted by Crippen LogP contribution is -2.20. The van der Waals surface area contributed by atoms with Crippen LogP contribution in [0, 0.1) is 0 Å². The normalized spacial score (nSPS) is 13.0. The van der Waals surface area contributed by atoms with Gasteiger partial charge in [0.25, 0.3) is 0 Å². The van der Waals surface area contributed by atoms with Crippen molar-refractivity contribution in [1.29, 1.82) is 0 Å². The van der Waals surface area contributed by atoms with Crippen LogP contribution in [-0.2, 0) is 0 Å². The van der Waals surface area contributed by atoms with Crippen molar-refractivity contribution in [2.24, 2.45) is 0 Å². The van der Waals surface area contributed by atoms with E-state index in [9.17, 15) is 13.2 Å². The Balaban J connectivity index is 2.00. The smallest absolute Gasteiger partial charge is 0.170 e. The molecule has 1 atom stereocenters. The van der Waals surface area contributed by atoms with Crippen LogP contribution in [0.5, 0.6) is 0 Å². The summed E-state index contributed by atoms with van der Waals surface area (Å²) in [6.07, 6.45) is 1.99. The van der Waals surface area contributed by atoms with Gasteiger partial charge < -0.3 is 0 Å². The van der Waals surface area contributed by atoms with E-state index >= 15 is 0 Å². The summed E-state index contributed by atoms with van der Waals surface area (Å²) in [6, 6.07) is 16.6. The summed E-state index contributed by atoms with van der Waals surface area (Å²) in [4.78, 5) is 0. The molecule has 0 radical (unpaired) electrons. The number of halogens is 3. The minimum Gasteiger partial charge on any atom is -0.170 e. The third-order valence-corrected chi connectivity index (χ3v) is 4.66. The minimum absolute atomic E-state index is 0.181. The van der Waals surface area contributed by atoms with Crippen LogP contribution in [0.1, 0.15) is 63.4 Å². The highest BCUT2D eigenvalue weighted by Gasteiger charge is 2.39. The zero-order valence-corrected chi connectivity index (χ0v) is 14.9. The highest BCUT2D eigenvalue weighted by atomic mass is 19.4. The van der Waals surface area contributed by atoms with Gasteiger partial charge in [0.1, 0.15) is 0 Å². The second kappa shape index (κ2) is 9.65. The van der Waals surface area contributed by atoms with Gasteiger partial charge in [0, 0.05) is 0 Å². The molecule has 1 unspecified atom stereocenters. The van der Waals surface area contributed by atoms with Crippen molar-refractivity contribution in [3.8, 4) is 11.1 Å².